The average molecular weight is 403 g/mol. The molecule has 0 aromatic heterocycles. The Bertz CT molecular complexity index is 624. The van der Waals surface area contributed by atoms with Crippen LogP contribution in [0, 0.1) is 46.3 Å². The molecule has 0 amide bonds. The molecule has 4 aliphatic rings. The van der Waals surface area contributed by atoms with Crippen molar-refractivity contribution in [2.24, 2.45) is 46.3 Å². The van der Waals surface area contributed by atoms with Crippen molar-refractivity contribution in [3.63, 3.8) is 0 Å². The van der Waals surface area contributed by atoms with Gasteiger partial charge in [-0.05, 0) is 91.3 Å². The molecule has 2 nitrogen and oxygen atoms in total. The fourth-order valence-electron chi connectivity index (χ4n) is 8.62. The lowest BCUT2D eigenvalue weighted by Crippen LogP contribution is -2.56. The van der Waals surface area contributed by atoms with Gasteiger partial charge < -0.3 is 10.2 Å². The van der Waals surface area contributed by atoms with Crippen molar-refractivity contribution in [1.82, 2.24) is 0 Å². The van der Waals surface area contributed by atoms with Crippen LogP contribution >= 0.6 is 0 Å². The van der Waals surface area contributed by atoms with E-state index in [0.29, 0.717) is 17.8 Å². The standard InChI is InChI=1S/C27H46O2/c1-17(2)7-6-8-18(3)22-11-12-23-21-10-9-19-15-20(28)13-14-26(19,4)24(21)16-25(29)27(22,23)5/h9,17-18,20-25,28-29H,6-8,10-16H2,1-5H3/t18-,20+,21+,22-,23+,24+,25?,26+,27-/m1/s1. The highest BCUT2D eigenvalue weighted by atomic mass is 16.3. The molecule has 166 valence electrons. The van der Waals surface area contributed by atoms with Gasteiger partial charge in [-0.3, -0.25) is 0 Å². The molecule has 9 atom stereocenters. The lowest BCUT2D eigenvalue weighted by molar-refractivity contribution is -0.136. The van der Waals surface area contributed by atoms with E-state index in [0.717, 1.165) is 43.4 Å². The second-order valence-corrected chi connectivity index (χ2v) is 12.3. The number of hydrogen-bond acceptors (Lipinski definition) is 2. The SMILES string of the molecule is CC(C)CCC[C@@H](C)[C@H]1CC[C@H]2[C@@H]3CC=C4C[C@@H](O)CC[C@]4(C)[C@H]3CC(O)[C@]12C. The molecular formula is C27H46O2. The summed E-state index contributed by atoms with van der Waals surface area (Å²) in [5.41, 5.74) is 1.82. The Morgan fingerprint density at radius 1 is 1.03 bits per heavy atom. The van der Waals surface area contributed by atoms with E-state index in [1.54, 1.807) is 0 Å². The summed E-state index contributed by atoms with van der Waals surface area (Å²) in [5.74, 6) is 4.23. The topological polar surface area (TPSA) is 40.5 Å². The summed E-state index contributed by atoms with van der Waals surface area (Å²) in [4.78, 5) is 0. The number of aliphatic hydroxyl groups is 2. The maximum atomic E-state index is 11.6. The Morgan fingerprint density at radius 2 is 1.79 bits per heavy atom. The largest absolute Gasteiger partial charge is 0.393 e. The summed E-state index contributed by atoms with van der Waals surface area (Å²) in [5, 5.41) is 21.8. The van der Waals surface area contributed by atoms with Crippen LogP contribution in [0.15, 0.2) is 11.6 Å². The third-order valence-electron chi connectivity index (χ3n) is 10.4. The molecule has 0 aromatic carbocycles. The Balaban J connectivity index is 1.54. The first-order chi connectivity index (χ1) is 13.7. The first-order valence-corrected chi connectivity index (χ1v) is 12.7. The van der Waals surface area contributed by atoms with Crippen LogP contribution in [0.25, 0.3) is 0 Å². The number of hydrogen-bond donors (Lipinski definition) is 2. The van der Waals surface area contributed by atoms with E-state index in [1.165, 1.54) is 44.1 Å². The molecule has 0 bridgehead atoms. The van der Waals surface area contributed by atoms with Crippen molar-refractivity contribution in [2.45, 2.75) is 111 Å². The van der Waals surface area contributed by atoms with Gasteiger partial charge in [0.05, 0.1) is 12.2 Å². The smallest absolute Gasteiger partial charge is 0.0602 e. The van der Waals surface area contributed by atoms with Crippen LogP contribution in [0.2, 0.25) is 0 Å². The molecule has 0 heterocycles. The van der Waals surface area contributed by atoms with Crippen molar-refractivity contribution >= 4 is 0 Å². The molecular weight excluding hydrogens is 356 g/mol. The molecule has 0 aromatic rings. The zero-order valence-corrected chi connectivity index (χ0v) is 19.7. The van der Waals surface area contributed by atoms with Gasteiger partial charge in [0, 0.05) is 0 Å². The first-order valence-electron chi connectivity index (χ1n) is 12.7. The maximum Gasteiger partial charge on any atom is 0.0602 e. The van der Waals surface area contributed by atoms with E-state index in [-0.39, 0.29) is 23.0 Å². The quantitative estimate of drug-likeness (QED) is 0.525. The predicted molar refractivity (Wildman–Crippen MR) is 120 cm³/mol. The molecule has 0 aliphatic heterocycles. The second kappa shape index (κ2) is 7.97. The van der Waals surface area contributed by atoms with Crippen molar-refractivity contribution < 1.29 is 10.2 Å². The zero-order valence-electron chi connectivity index (χ0n) is 19.7. The summed E-state index contributed by atoms with van der Waals surface area (Å²) >= 11 is 0. The highest BCUT2D eigenvalue weighted by Gasteiger charge is 2.62. The van der Waals surface area contributed by atoms with Gasteiger partial charge in [-0.25, -0.2) is 0 Å². The van der Waals surface area contributed by atoms with Crippen LogP contribution in [0.1, 0.15) is 98.8 Å². The lowest BCUT2D eigenvalue weighted by atomic mass is 9.46. The van der Waals surface area contributed by atoms with Gasteiger partial charge in [0.15, 0.2) is 0 Å². The third kappa shape index (κ3) is 3.55. The third-order valence-corrected chi connectivity index (χ3v) is 10.4. The summed E-state index contributed by atoms with van der Waals surface area (Å²) in [6.07, 6.45) is 13.9. The fraction of sp³-hybridized carbons (Fsp3) is 0.926. The van der Waals surface area contributed by atoms with Crippen LogP contribution < -0.4 is 0 Å². The molecule has 1 unspecified atom stereocenters. The number of fused-ring (bicyclic) bond motifs is 5. The van der Waals surface area contributed by atoms with Gasteiger partial charge in [0.25, 0.3) is 0 Å². The lowest BCUT2D eigenvalue weighted by Gasteiger charge is -2.60. The normalized spacial score (nSPS) is 47.9. The minimum absolute atomic E-state index is 0.105. The highest BCUT2D eigenvalue weighted by Crippen LogP contribution is 2.67. The number of rotatable bonds is 5. The maximum absolute atomic E-state index is 11.6. The van der Waals surface area contributed by atoms with E-state index in [9.17, 15) is 10.2 Å². The minimum atomic E-state index is -0.156. The second-order valence-electron chi connectivity index (χ2n) is 12.3. The van der Waals surface area contributed by atoms with E-state index in [4.69, 9.17) is 0 Å². The van der Waals surface area contributed by atoms with Crippen molar-refractivity contribution in [3.8, 4) is 0 Å². The molecule has 3 saturated carbocycles. The van der Waals surface area contributed by atoms with Gasteiger partial charge in [0.2, 0.25) is 0 Å². The van der Waals surface area contributed by atoms with Crippen LogP contribution in [-0.2, 0) is 0 Å². The van der Waals surface area contributed by atoms with E-state index >= 15 is 0 Å². The molecule has 4 rings (SSSR count). The average Bonchev–Trinajstić information content (AvgIpc) is 3.02. The summed E-state index contributed by atoms with van der Waals surface area (Å²) in [6, 6.07) is 0. The molecule has 0 spiro atoms. The Labute approximate surface area is 179 Å². The van der Waals surface area contributed by atoms with Crippen LogP contribution in [-0.4, -0.2) is 22.4 Å². The monoisotopic (exact) mass is 402 g/mol. The van der Waals surface area contributed by atoms with Gasteiger partial charge >= 0.3 is 0 Å². The highest BCUT2D eigenvalue weighted by molar-refractivity contribution is 5.26. The molecule has 0 radical (unpaired) electrons. The van der Waals surface area contributed by atoms with E-state index in [1.807, 2.05) is 0 Å². The van der Waals surface area contributed by atoms with Gasteiger partial charge in [-0.2, -0.15) is 0 Å². The zero-order chi connectivity index (χ0) is 21.0. The molecule has 29 heavy (non-hydrogen) atoms. The van der Waals surface area contributed by atoms with Gasteiger partial charge in [-0.1, -0.05) is 65.5 Å². The van der Waals surface area contributed by atoms with E-state index < -0.39 is 0 Å². The molecule has 4 aliphatic carbocycles. The molecule has 2 heteroatoms. The minimum Gasteiger partial charge on any atom is -0.393 e. The van der Waals surface area contributed by atoms with E-state index in [2.05, 4.69) is 40.7 Å². The predicted octanol–water partition coefficient (Wildman–Crippen LogP) is 6.36. The van der Waals surface area contributed by atoms with Crippen LogP contribution in [0.3, 0.4) is 0 Å². The molecule has 0 saturated heterocycles. The van der Waals surface area contributed by atoms with Crippen molar-refractivity contribution in [1.29, 1.82) is 0 Å². The Hall–Kier alpha value is -0.340. The number of aliphatic hydroxyl groups excluding tert-OH is 2. The van der Waals surface area contributed by atoms with Crippen LogP contribution in [0.5, 0.6) is 0 Å². The summed E-state index contributed by atoms with van der Waals surface area (Å²) in [7, 11) is 0. The van der Waals surface area contributed by atoms with Gasteiger partial charge in [-0.15, -0.1) is 0 Å². The first kappa shape index (κ1) is 21.9. The Kier molecular flexibility index (Phi) is 6.01. The van der Waals surface area contributed by atoms with Crippen molar-refractivity contribution in [2.75, 3.05) is 0 Å². The molecule has 2 N–H and O–H groups in total. The fourth-order valence-corrected chi connectivity index (χ4v) is 8.62. The van der Waals surface area contributed by atoms with Crippen LogP contribution in [0.4, 0.5) is 0 Å². The summed E-state index contributed by atoms with van der Waals surface area (Å²) < 4.78 is 0. The van der Waals surface area contributed by atoms with Gasteiger partial charge in [0.1, 0.15) is 0 Å². The summed E-state index contributed by atoms with van der Waals surface area (Å²) in [6.45, 7) is 12.1. The number of allylic oxidation sites excluding steroid dienone is 1. The van der Waals surface area contributed by atoms with Crippen molar-refractivity contribution in [3.05, 3.63) is 11.6 Å². The Morgan fingerprint density at radius 3 is 2.52 bits per heavy atom. The molecule has 3 fully saturated rings.